The number of allylic oxidation sites excluding steroid dienone is 1. The number of rotatable bonds is 5. The summed E-state index contributed by atoms with van der Waals surface area (Å²) in [6, 6.07) is 7.55. The number of ether oxygens (including phenoxy) is 3. The average molecular weight is 460 g/mol. The fraction of sp³-hybridized carbons (Fsp3) is 0.238. The van der Waals surface area contributed by atoms with Gasteiger partial charge in [0.2, 0.25) is 6.79 Å². The number of halogens is 1. The standard InChI is InChI=1S/C21H18ClN3O7/c1-3-30-20(26)18-11(2)24(13-5-7-16-17(9-13)32-10-31-16)21(27)23-19(18)12-4-6-14(22)15(8-12)25(28)29/h4-9,19H,3,10H2,1-2H3,(H,23,27). The van der Waals surface area contributed by atoms with E-state index >= 15 is 0 Å². The predicted octanol–water partition coefficient (Wildman–Crippen LogP) is 4.08. The number of esters is 1. The lowest BCUT2D eigenvalue weighted by Gasteiger charge is -2.35. The first-order chi connectivity index (χ1) is 15.3. The Kier molecular flexibility index (Phi) is 5.62. The Labute approximate surface area is 187 Å². The Hall–Kier alpha value is -3.79. The molecule has 2 aliphatic rings. The second kappa shape index (κ2) is 8.39. The van der Waals surface area contributed by atoms with E-state index in [1.54, 1.807) is 32.0 Å². The number of urea groups is 1. The van der Waals surface area contributed by atoms with E-state index in [0.717, 1.165) is 0 Å². The molecule has 0 radical (unpaired) electrons. The molecule has 32 heavy (non-hydrogen) atoms. The minimum absolute atomic E-state index is 0.0544. The van der Waals surface area contributed by atoms with E-state index in [-0.39, 0.29) is 29.7 Å². The van der Waals surface area contributed by atoms with Crippen LogP contribution >= 0.6 is 11.6 Å². The molecule has 0 aromatic heterocycles. The van der Waals surface area contributed by atoms with Gasteiger partial charge in [0.05, 0.1) is 28.8 Å². The Morgan fingerprint density at radius 2 is 2.03 bits per heavy atom. The molecule has 1 N–H and O–H groups in total. The Morgan fingerprint density at radius 3 is 2.75 bits per heavy atom. The first kappa shape index (κ1) is 21.4. The molecule has 0 fully saturated rings. The molecule has 4 rings (SSSR count). The molecule has 2 aromatic rings. The third-order valence-electron chi connectivity index (χ3n) is 5.09. The number of nitro benzene ring substituents is 1. The minimum Gasteiger partial charge on any atom is -0.463 e. The van der Waals surface area contributed by atoms with Gasteiger partial charge in [-0.1, -0.05) is 17.7 Å². The number of anilines is 1. The van der Waals surface area contributed by atoms with Gasteiger partial charge in [0.1, 0.15) is 5.02 Å². The summed E-state index contributed by atoms with van der Waals surface area (Å²) in [5.74, 6) is 0.361. The van der Waals surface area contributed by atoms with Crippen LogP contribution in [-0.4, -0.2) is 30.3 Å². The van der Waals surface area contributed by atoms with Crippen molar-refractivity contribution in [2.75, 3.05) is 18.3 Å². The smallest absolute Gasteiger partial charge is 0.338 e. The highest BCUT2D eigenvalue weighted by molar-refractivity contribution is 6.32. The number of amides is 2. The number of carbonyl (C=O) groups is 2. The van der Waals surface area contributed by atoms with Crippen LogP contribution in [-0.2, 0) is 9.53 Å². The van der Waals surface area contributed by atoms with E-state index in [9.17, 15) is 19.7 Å². The van der Waals surface area contributed by atoms with Gasteiger partial charge in [-0.05, 0) is 37.6 Å². The van der Waals surface area contributed by atoms with Crippen molar-refractivity contribution in [2.24, 2.45) is 0 Å². The first-order valence-corrected chi connectivity index (χ1v) is 10.0. The molecule has 0 bridgehead atoms. The molecule has 2 aromatic carbocycles. The van der Waals surface area contributed by atoms with Crippen molar-refractivity contribution in [2.45, 2.75) is 19.9 Å². The normalized spacial score (nSPS) is 17.3. The van der Waals surface area contributed by atoms with Gasteiger partial charge < -0.3 is 19.5 Å². The SMILES string of the molecule is CCOC(=O)C1=C(C)N(c2ccc3c(c2)OCO3)C(=O)NC1c1ccc(Cl)c([N+](=O)[O-])c1. The van der Waals surface area contributed by atoms with Gasteiger partial charge in [-0.2, -0.15) is 0 Å². The van der Waals surface area contributed by atoms with E-state index in [1.807, 2.05) is 0 Å². The summed E-state index contributed by atoms with van der Waals surface area (Å²) in [5, 5.41) is 14.0. The van der Waals surface area contributed by atoms with Crippen molar-refractivity contribution in [3.63, 3.8) is 0 Å². The Morgan fingerprint density at radius 1 is 1.28 bits per heavy atom. The van der Waals surface area contributed by atoms with Gasteiger partial charge in [0, 0.05) is 17.8 Å². The number of nitrogens with zero attached hydrogens (tertiary/aromatic N) is 2. The second-order valence-corrected chi connectivity index (χ2v) is 7.35. The van der Waals surface area contributed by atoms with Gasteiger partial charge in [-0.15, -0.1) is 0 Å². The van der Waals surface area contributed by atoms with Gasteiger partial charge in [-0.25, -0.2) is 9.59 Å². The highest BCUT2D eigenvalue weighted by Crippen LogP contribution is 2.40. The molecular weight excluding hydrogens is 442 g/mol. The molecule has 11 heteroatoms. The lowest BCUT2D eigenvalue weighted by molar-refractivity contribution is -0.384. The molecule has 0 aliphatic carbocycles. The number of benzene rings is 2. The monoisotopic (exact) mass is 459 g/mol. The molecule has 0 spiro atoms. The summed E-state index contributed by atoms with van der Waals surface area (Å²) < 4.78 is 15.9. The molecule has 166 valence electrons. The number of fused-ring (bicyclic) bond motifs is 1. The van der Waals surface area contributed by atoms with Crippen molar-refractivity contribution in [1.82, 2.24) is 5.32 Å². The van der Waals surface area contributed by atoms with Crippen LogP contribution in [0.4, 0.5) is 16.2 Å². The third kappa shape index (κ3) is 3.69. The summed E-state index contributed by atoms with van der Waals surface area (Å²) >= 11 is 5.92. The Bertz CT molecular complexity index is 1160. The van der Waals surface area contributed by atoms with Crippen LogP contribution in [0.1, 0.15) is 25.5 Å². The quantitative estimate of drug-likeness (QED) is 0.406. The summed E-state index contributed by atoms with van der Waals surface area (Å²) in [6.45, 7) is 3.45. The second-order valence-electron chi connectivity index (χ2n) is 6.94. The molecule has 2 heterocycles. The lowest BCUT2D eigenvalue weighted by atomic mass is 9.94. The minimum atomic E-state index is -0.970. The van der Waals surface area contributed by atoms with Crippen LogP contribution in [0.5, 0.6) is 11.5 Å². The van der Waals surface area contributed by atoms with Crippen molar-refractivity contribution < 1.29 is 28.7 Å². The zero-order valence-electron chi connectivity index (χ0n) is 17.1. The van der Waals surface area contributed by atoms with Gasteiger partial charge in [-0.3, -0.25) is 15.0 Å². The van der Waals surface area contributed by atoms with Crippen LogP contribution < -0.4 is 19.7 Å². The van der Waals surface area contributed by atoms with Crippen LogP contribution in [0.25, 0.3) is 0 Å². The van der Waals surface area contributed by atoms with Crippen molar-refractivity contribution in [1.29, 1.82) is 0 Å². The van der Waals surface area contributed by atoms with E-state index in [0.29, 0.717) is 28.4 Å². The van der Waals surface area contributed by atoms with Crippen LogP contribution in [0.3, 0.4) is 0 Å². The van der Waals surface area contributed by atoms with E-state index in [2.05, 4.69) is 5.32 Å². The summed E-state index contributed by atoms with van der Waals surface area (Å²) in [6.07, 6.45) is 0. The highest BCUT2D eigenvalue weighted by atomic mass is 35.5. The zero-order chi connectivity index (χ0) is 23.0. The van der Waals surface area contributed by atoms with Crippen LogP contribution in [0, 0.1) is 10.1 Å². The molecular formula is C21H18ClN3O7. The fourth-order valence-electron chi connectivity index (χ4n) is 3.65. The highest BCUT2D eigenvalue weighted by Gasteiger charge is 2.38. The third-order valence-corrected chi connectivity index (χ3v) is 5.41. The lowest BCUT2D eigenvalue weighted by Crippen LogP contribution is -2.48. The van der Waals surface area contributed by atoms with Crippen LogP contribution in [0.2, 0.25) is 5.02 Å². The summed E-state index contributed by atoms with van der Waals surface area (Å²) in [7, 11) is 0. The number of hydrogen-bond donors (Lipinski definition) is 1. The molecule has 1 unspecified atom stereocenters. The first-order valence-electron chi connectivity index (χ1n) is 9.63. The summed E-state index contributed by atoms with van der Waals surface area (Å²) in [5.41, 5.74) is 0.889. The number of nitro groups is 1. The van der Waals surface area contributed by atoms with Crippen molar-refractivity contribution >= 4 is 35.0 Å². The average Bonchev–Trinajstić information content (AvgIpc) is 3.21. The fourth-order valence-corrected chi connectivity index (χ4v) is 3.84. The van der Waals surface area contributed by atoms with E-state index < -0.39 is 23.0 Å². The summed E-state index contributed by atoms with van der Waals surface area (Å²) in [4.78, 5) is 38.0. The maximum Gasteiger partial charge on any atom is 0.338 e. The largest absolute Gasteiger partial charge is 0.463 e. The molecule has 1 atom stereocenters. The molecule has 0 saturated heterocycles. The molecule has 0 saturated carbocycles. The van der Waals surface area contributed by atoms with Crippen LogP contribution in [0.15, 0.2) is 47.7 Å². The van der Waals surface area contributed by atoms with Crippen molar-refractivity contribution in [3.8, 4) is 11.5 Å². The predicted molar refractivity (Wildman–Crippen MR) is 114 cm³/mol. The maximum atomic E-state index is 13.1. The van der Waals surface area contributed by atoms with E-state index in [4.69, 9.17) is 25.8 Å². The van der Waals surface area contributed by atoms with Gasteiger partial charge >= 0.3 is 12.0 Å². The maximum absolute atomic E-state index is 13.1. The number of carbonyl (C=O) groups excluding carboxylic acids is 2. The topological polar surface area (TPSA) is 120 Å². The Balaban J connectivity index is 1.83. The van der Waals surface area contributed by atoms with Gasteiger partial charge in [0.25, 0.3) is 5.69 Å². The zero-order valence-corrected chi connectivity index (χ0v) is 17.8. The molecule has 2 aliphatic heterocycles. The number of nitrogens with one attached hydrogen (secondary N) is 1. The van der Waals surface area contributed by atoms with Gasteiger partial charge in [0.15, 0.2) is 11.5 Å². The van der Waals surface area contributed by atoms with Crippen molar-refractivity contribution in [3.05, 3.63) is 68.4 Å². The molecule has 2 amide bonds. The molecule has 10 nitrogen and oxygen atoms in total. The van der Waals surface area contributed by atoms with E-state index in [1.165, 1.54) is 23.1 Å². The number of hydrogen-bond acceptors (Lipinski definition) is 7.